The first kappa shape index (κ1) is 12.7. The van der Waals surface area contributed by atoms with Crippen LogP contribution in [0.25, 0.3) is 0 Å². The van der Waals surface area contributed by atoms with Gasteiger partial charge in [0.1, 0.15) is 0 Å². The summed E-state index contributed by atoms with van der Waals surface area (Å²) in [5, 5.41) is 23.0. The standard InChI is InChI=1S/C10H18N6O2/c1-15-10(12-13-14-15)16-4-2-3-8(7-16)5-11-6-9(17)18/h8,11H,2-7H2,1H3,(H,17,18). The Bertz CT molecular complexity index is 407. The lowest BCUT2D eigenvalue weighted by Crippen LogP contribution is -2.41. The van der Waals surface area contributed by atoms with Gasteiger partial charge in [-0.05, 0) is 29.2 Å². The minimum atomic E-state index is -0.819. The van der Waals surface area contributed by atoms with Gasteiger partial charge in [0.25, 0.3) is 0 Å². The van der Waals surface area contributed by atoms with Crippen molar-refractivity contribution in [2.45, 2.75) is 12.8 Å². The zero-order valence-corrected chi connectivity index (χ0v) is 10.4. The topological polar surface area (TPSA) is 96.2 Å². The van der Waals surface area contributed by atoms with Crippen molar-refractivity contribution in [1.82, 2.24) is 25.5 Å². The summed E-state index contributed by atoms with van der Waals surface area (Å²) < 4.78 is 1.66. The molecule has 1 aliphatic heterocycles. The minimum Gasteiger partial charge on any atom is -0.480 e. The summed E-state index contributed by atoms with van der Waals surface area (Å²) in [6.07, 6.45) is 2.18. The summed E-state index contributed by atoms with van der Waals surface area (Å²) in [6.45, 7) is 2.54. The Morgan fingerprint density at radius 2 is 2.44 bits per heavy atom. The second-order valence-electron chi connectivity index (χ2n) is 4.58. The van der Waals surface area contributed by atoms with E-state index in [0.717, 1.165) is 31.9 Å². The molecule has 1 aromatic rings. The third-order valence-electron chi connectivity index (χ3n) is 3.11. The highest BCUT2D eigenvalue weighted by atomic mass is 16.4. The highest BCUT2D eigenvalue weighted by Crippen LogP contribution is 2.19. The zero-order chi connectivity index (χ0) is 13.0. The molecule has 0 radical (unpaired) electrons. The SMILES string of the molecule is Cn1nnnc1N1CCCC(CNCC(=O)O)C1. The molecule has 1 unspecified atom stereocenters. The highest BCUT2D eigenvalue weighted by molar-refractivity contribution is 5.68. The lowest BCUT2D eigenvalue weighted by Gasteiger charge is -2.32. The molecule has 0 bridgehead atoms. The number of carboxylic acids is 1. The Morgan fingerprint density at radius 1 is 1.61 bits per heavy atom. The molecular formula is C10H18N6O2. The molecule has 2 rings (SSSR count). The molecule has 18 heavy (non-hydrogen) atoms. The van der Waals surface area contributed by atoms with Crippen molar-refractivity contribution in [2.75, 3.05) is 31.1 Å². The first-order valence-corrected chi connectivity index (χ1v) is 6.06. The van der Waals surface area contributed by atoms with Gasteiger partial charge in [0.2, 0.25) is 5.95 Å². The van der Waals surface area contributed by atoms with E-state index in [1.165, 1.54) is 0 Å². The van der Waals surface area contributed by atoms with Crippen molar-refractivity contribution in [3.63, 3.8) is 0 Å². The molecule has 0 saturated carbocycles. The van der Waals surface area contributed by atoms with Gasteiger partial charge < -0.3 is 15.3 Å². The van der Waals surface area contributed by atoms with Gasteiger partial charge in [0.15, 0.2) is 0 Å². The number of rotatable bonds is 5. The Morgan fingerprint density at radius 3 is 3.11 bits per heavy atom. The number of aliphatic carboxylic acids is 1. The van der Waals surface area contributed by atoms with Crippen LogP contribution in [0.15, 0.2) is 0 Å². The average molecular weight is 254 g/mol. The van der Waals surface area contributed by atoms with Gasteiger partial charge in [0, 0.05) is 26.7 Å². The van der Waals surface area contributed by atoms with Gasteiger partial charge in [0.05, 0.1) is 6.54 Å². The average Bonchev–Trinajstić information content (AvgIpc) is 2.75. The summed E-state index contributed by atoms with van der Waals surface area (Å²) in [6, 6.07) is 0. The molecule has 0 spiro atoms. The largest absolute Gasteiger partial charge is 0.480 e. The van der Waals surface area contributed by atoms with Crippen LogP contribution in [0.2, 0.25) is 0 Å². The quantitative estimate of drug-likeness (QED) is 0.703. The zero-order valence-electron chi connectivity index (χ0n) is 10.4. The molecule has 2 N–H and O–H groups in total. The Kier molecular flexibility index (Phi) is 4.08. The van der Waals surface area contributed by atoms with E-state index in [2.05, 4.69) is 25.7 Å². The molecular weight excluding hydrogens is 236 g/mol. The van der Waals surface area contributed by atoms with E-state index in [9.17, 15) is 4.79 Å². The maximum absolute atomic E-state index is 10.4. The van der Waals surface area contributed by atoms with Gasteiger partial charge in [-0.1, -0.05) is 5.10 Å². The molecule has 8 heteroatoms. The summed E-state index contributed by atoms with van der Waals surface area (Å²) >= 11 is 0. The lowest BCUT2D eigenvalue weighted by atomic mass is 9.98. The second kappa shape index (κ2) is 5.76. The Hall–Kier alpha value is -1.70. The van der Waals surface area contributed by atoms with Crippen molar-refractivity contribution >= 4 is 11.9 Å². The summed E-state index contributed by atoms with van der Waals surface area (Å²) in [7, 11) is 1.82. The van der Waals surface area contributed by atoms with E-state index in [0.29, 0.717) is 12.5 Å². The van der Waals surface area contributed by atoms with Crippen molar-refractivity contribution < 1.29 is 9.90 Å². The van der Waals surface area contributed by atoms with Crippen molar-refractivity contribution in [2.24, 2.45) is 13.0 Å². The first-order chi connectivity index (χ1) is 8.66. The number of hydrogen-bond acceptors (Lipinski definition) is 6. The molecule has 1 fully saturated rings. The molecule has 1 saturated heterocycles. The van der Waals surface area contributed by atoms with E-state index in [-0.39, 0.29) is 6.54 Å². The monoisotopic (exact) mass is 254 g/mol. The number of carboxylic acid groups (broad SMARTS) is 1. The number of nitrogens with one attached hydrogen (secondary N) is 1. The molecule has 0 aliphatic carbocycles. The molecule has 2 heterocycles. The van der Waals surface area contributed by atoms with Crippen LogP contribution in [0.5, 0.6) is 0 Å². The molecule has 0 aromatic carbocycles. The third kappa shape index (κ3) is 3.16. The maximum atomic E-state index is 10.4. The number of piperidine rings is 1. The highest BCUT2D eigenvalue weighted by Gasteiger charge is 2.23. The molecule has 0 amide bonds. The number of nitrogens with zero attached hydrogens (tertiary/aromatic N) is 5. The minimum absolute atomic E-state index is 0.0159. The van der Waals surface area contributed by atoms with Crippen LogP contribution in [0.3, 0.4) is 0 Å². The summed E-state index contributed by atoms with van der Waals surface area (Å²) in [5.41, 5.74) is 0. The smallest absolute Gasteiger partial charge is 0.317 e. The van der Waals surface area contributed by atoms with Crippen LogP contribution in [0, 0.1) is 5.92 Å². The number of carbonyl (C=O) groups is 1. The van der Waals surface area contributed by atoms with E-state index in [1.54, 1.807) is 4.68 Å². The van der Waals surface area contributed by atoms with Crippen LogP contribution >= 0.6 is 0 Å². The number of aryl methyl sites for hydroxylation is 1. The molecule has 1 aromatic heterocycles. The van der Waals surface area contributed by atoms with Crippen LogP contribution in [-0.4, -0.2) is 57.5 Å². The van der Waals surface area contributed by atoms with Crippen molar-refractivity contribution in [3.8, 4) is 0 Å². The van der Waals surface area contributed by atoms with E-state index < -0.39 is 5.97 Å². The maximum Gasteiger partial charge on any atom is 0.317 e. The van der Waals surface area contributed by atoms with Gasteiger partial charge in [-0.2, -0.15) is 0 Å². The van der Waals surface area contributed by atoms with Crippen LogP contribution in [-0.2, 0) is 11.8 Å². The number of hydrogen-bond donors (Lipinski definition) is 2. The van der Waals surface area contributed by atoms with Gasteiger partial charge in [-0.25, -0.2) is 4.68 Å². The predicted octanol–water partition coefficient (Wildman–Crippen LogP) is -0.899. The molecule has 1 aliphatic rings. The van der Waals surface area contributed by atoms with E-state index in [1.807, 2.05) is 7.05 Å². The Labute approximate surface area is 105 Å². The fourth-order valence-electron chi connectivity index (χ4n) is 2.29. The summed E-state index contributed by atoms with van der Waals surface area (Å²) in [4.78, 5) is 12.6. The van der Waals surface area contributed by atoms with Crippen molar-refractivity contribution in [1.29, 1.82) is 0 Å². The number of aromatic nitrogens is 4. The Balaban J connectivity index is 1.85. The van der Waals surface area contributed by atoms with Crippen LogP contribution in [0.1, 0.15) is 12.8 Å². The number of tetrazole rings is 1. The molecule has 100 valence electrons. The third-order valence-corrected chi connectivity index (χ3v) is 3.11. The van der Waals surface area contributed by atoms with Gasteiger partial charge >= 0.3 is 5.97 Å². The normalized spacial score (nSPS) is 20.1. The molecule has 8 nitrogen and oxygen atoms in total. The van der Waals surface area contributed by atoms with Crippen LogP contribution < -0.4 is 10.2 Å². The van der Waals surface area contributed by atoms with E-state index >= 15 is 0 Å². The predicted molar refractivity (Wildman–Crippen MR) is 64.2 cm³/mol. The lowest BCUT2D eigenvalue weighted by molar-refractivity contribution is -0.136. The number of anilines is 1. The summed E-state index contributed by atoms with van der Waals surface area (Å²) in [5.74, 6) is 0.396. The van der Waals surface area contributed by atoms with Crippen LogP contribution in [0.4, 0.5) is 5.95 Å². The second-order valence-corrected chi connectivity index (χ2v) is 4.58. The first-order valence-electron chi connectivity index (χ1n) is 6.06. The van der Waals surface area contributed by atoms with Gasteiger partial charge in [-0.3, -0.25) is 4.79 Å². The fourth-order valence-corrected chi connectivity index (χ4v) is 2.29. The van der Waals surface area contributed by atoms with E-state index in [4.69, 9.17) is 5.11 Å². The van der Waals surface area contributed by atoms with Crippen molar-refractivity contribution in [3.05, 3.63) is 0 Å². The fraction of sp³-hybridized carbons (Fsp3) is 0.800. The molecule has 1 atom stereocenters. The van der Waals surface area contributed by atoms with Gasteiger partial charge in [-0.15, -0.1) is 0 Å².